The molecule has 1 aromatic heterocycles. The van der Waals surface area contributed by atoms with Crippen LogP contribution in [0.5, 0.6) is 0 Å². The van der Waals surface area contributed by atoms with E-state index in [1.165, 1.54) is 11.3 Å². The fourth-order valence-electron chi connectivity index (χ4n) is 1.37. The summed E-state index contributed by atoms with van der Waals surface area (Å²) in [6, 6.07) is 7.54. The van der Waals surface area contributed by atoms with E-state index >= 15 is 0 Å². The van der Waals surface area contributed by atoms with E-state index in [0.717, 1.165) is 10.0 Å². The van der Waals surface area contributed by atoms with Crippen molar-refractivity contribution >= 4 is 33.2 Å². The van der Waals surface area contributed by atoms with Gasteiger partial charge in [0.2, 0.25) is 0 Å². The first kappa shape index (κ1) is 12.2. The molecule has 2 rings (SSSR count). The van der Waals surface area contributed by atoms with Crippen LogP contribution in [0, 0.1) is 0 Å². The third kappa shape index (κ3) is 2.54. The molecule has 0 aliphatic carbocycles. The number of thiazole rings is 1. The van der Waals surface area contributed by atoms with Gasteiger partial charge in [0.15, 0.2) is 5.69 Å². The second-order valence-electron chi connectivity index (χ2n) is 3.31. The zero-order valence-corrected chi connectivity index (χ0v) is 11.1. The maximum Gasteiger partial charge on any atom is 0.355 e. The number of carboxylic acid groups (broad SMARTS) is 1. The van der Waals surface area contributed by atoms with E-state index in [9.17, 15) is 4.79 Å². The molecule has 0 saturated heterocycles. The average molecular weight is 313 g/mol. The quantitative estimate of drug-likeness (QED) is 0.913. The molecule has 0 aliphatic heterocycles. The van der Waals surface area contributed by atoms with Gasteiger partial charge in [0.05, 0.1) is 4.88 Å². The maximum absolute atomic E-state index is 11.0. The molecule has 4 nitrogen and oxygen atoms in total. The molecule has 17 heavy (non-hydrogen) atoms. The van der Waals surface area contributed by atoms with E-state index in [1.807, 2.05) is 24.3 Å². The molecular weight excluding hydrogens is 304 g/mol. The smallest absolute Gasteiger partial charge is 0.355 e. The number of rotatable bonds is 3. The van der Waals surface area contributed by atoms with Crippen molar-refractivity contribution in [2.24, 2.45) is 5.73 Å². The molecule has 0 bridgehead atoms. The minimum Gasteiger partial charge on any atom is -0.476 e. The first-order chi connectivity index (χ1) is 8.11. The molecule has 3 N–H and O–H groups in total. The summed E-state index contributed by atoms with van der Waals surface area (Å²) in [6.07, 6.45) is 0. The number of aromatic carboxylic acids is 1. The van der Waals surface area contributed by atoms with Crippen LogP contribution in [0.15, 0.2) is 28.7 Å². The van der Waals surface area contributed by atoms with Gasteiger partial charge in [-0.15, -0.1) is 11.3 Å². The SMILES string of the molecule is NCc1sc(-c2ccc(Br)cc2)nc1C(=O)O. The molecule has 1 heterocycles. The summed E-state index contributed by atoms with van der Waals surface area (Å²) in [6.45, 7) is 0.190. The van der Waals surface area contributed by atoms with E-state index < -0.39 is 5.97 Å². The van der Waals surface area contributed by atoms with Crippen LogP contribution >= 0.6 is 27.3 Å². The van der Waals surface area contributed by atoms with Gasteiger partial charge in [-0.2, -0.15) is 0 Å². The molecule has 0 aliphatic rings. The Bertz CT molecular complexity index is 551. The van der Waals surface area contributed by atoms with Crippen molar-refractivity contribution in [3.05, 3.63) is 39.3 Å². The number of hydrogen-bond acceptors (Lipinski definition) is 4. The molecule has 0 amide bonds. The molecule has 0 fully saturated rings. The van der Waals surface area contributed by atoms with Crippen molar-refractivity contribution in [1.82, 2.24) is 4.98 Å². The minimum atomic E-state index is -1.04. The van der Waals surface area contributed by atoms with Crippen molar-refractivity contribution < 1.29 is 9.90 Å². The largest absolute Gasteiger partial charge is 0.476 e. The van der Waals surface area contributed by atoms with Crippen LogP contribution in [-0.2, 0) is 6.54 Å². The van der Waals surface area contributed by atoms with E-state index in [0.29, 0.717) is 9.88 Å². The molecule has 0 spiro atoms. The Labute approximate surface area is 110 Å². The van der Waals surface area contributed by atoms with E-state index in [1.54, 1.807) is 0 Å². The monoisotopic (exact) mass is 312 g/mol. The summed E-state index contributed by atoms with van der Waals surface area (Å²) in [5.41, 5.74) is 6.44. The average Bonchev–Trinajstić information content (AvgIpc) is 2.74. The van der Waals surface area contributed by atoms with Crippen molar-refractivity contribution in [1.29, 1.82) is 0 Å². The van der Waals surface area contributed by atoms with Crippen LogP contribution in [0.3, 0.4) is 0 Å². The van der Waals surface area contributed by atoms with Crippen LogP contribution in [0.2, 0.25) is 0 Å². The first-order valence-corrected chi connectivity index (χ1v) is 6.41. The van der Waals surface area contributed by atoms with Gasteiger partial charge in [0.1, 0.15) is 5.01 Å². The van der Waals surface area contributed by atoms with Crippen molar-refractivity contribution in [2.75, 3.05) is 0 Å². The lowest BCUT2D eigenvalue weighted by Gasteiger charge is -1.95. The lowest BCUT2D eigenvalue weighted by Crippen LogP contribution is -2.04. The van der Waals surface area contributed by atoms with Crippen molar-refractivity contribution in [2.45, 2.75) is 6.54 Å². The minimum absolute atomic E-state index is 0.0513. The number of nitrogens with zero attached hydrogens (tertiary/aromatic N) is 1. The highest BCUT2D eigenvalue weighted by atomic mass is 79.9. The Morgan fingerprint density at radius 3 is 2.53 bits per heavy atom. The Hall–Kier alpha value is -1.24. The molecule has 88 valence electrons. The first-order valence-electron chi connectivity index (χ1n) is 4.81. The lowest BCUT2D eigenvalue weighted by atomic mass is 10.2. The molecule has 0 saturated carbocycles. The summed E-state index contributed by atoms with van der Waals surface area (Å²) < 4.78 is 0.968. The standard InChI is InChI=1S/C11H9BrN2O2S/c12-7-3-1-6(2-4-7)10-14-9(11(15)16)8(5-13)17-10/h1-4H,5,13H2,(H,15,16). The van der Waals surface area contributed by atoms with E-state index in [2.05, 4.69) is 20.9 Å². The van der Waals surface area contributed by atoms with E-state index in [4.69, 9.17) is 10.8 Å². The lowest BCUT2D eigenvalue weighted by molar-refractivity contribution is 0.0690. The van der Waals surface area contributed by atoms with Crippen LogP contribution in [0.1, 0.15) is 15.4 Å². The van der Waals surface area contributed by atoms with Crippen LogP contribution in [0.4, 0.5) is 0 Å². The van der Waals surface area contributed by atoms with Gasteiger partial charge in [-0.3, -0.25) is 0 Å². The molecule has 6 heteroatoms. The molecule has 0 unspecified atom stereocenters. The van der Waals surface area contributed by atoms with Crippen molar-refractivity contribution in [3.63, 3.8) is 0 Å². The normalized spacial score (nSPS) is 10.5. The van der Waals surface area contributed by atoms with Gasteiger partial charge in [-0.1, -0.05) is 28.1 Å². The highest BCUT2D eigenvalue weighted by molar-refractivity contribution is 9.10. The second-order valence-corrected chi connectivity index (χ2v) is 5.31. The number of nitrogens with two attached hydrogens (primary N) is 1. The number of aromatic nitrogens is 1. The van der Waals surface area contributed by atoms with Crippen molar-refractivity contribution in [3.8, 4) is 10.6 Å². The number of carboxylic acids is 1. The fraction of sp³-hybridized carbons (Fsp3) is 0.0909. The summed E-state index contributed by atoms with van der Waals surface area (Å²) in [7, 11) is 0. The Morgan fingerprint density at radius 2 is 2.06 bits per heavy atom. The van der Waals surface area contributed by atoms with Gasteiger partial charge >= 0.3 is 5.97 Å². The number of halogens is 1. The summed E-state index contributed by atoms with van der Waals surface area (Å²) in [4.78, 5) is 15.7. The van der Waals surface area contributed by atoms with Gasteiger partial charge in [-0.25, -0.2) is 9.78 Å². The number of hydrogen-bond donors (Lipinski definition) is 2. The highest BCUT2D eigenvalue weighted by Gasteiger charge is 2.16. The zero-order chi connectivity index (χ0) is 12.4. The predicted octanol–water partition coefficient (Wildman–Crippen LogP) is 2.73. The third-order valence-corrected chi connectivity index (χ3v) is 3.83. The van der Waals surface area contributed by atoms with Gasteiger partial charge < -0.3 is 10.8 Å². The third-order valence-electron chi connectivity index (χ3n) is 2.18. The molecule has 0 atom stereocenters. The topological polar surface area (TPSA) is 76.2 Å². The Kier molecular flexibility index (Phi) is 3.56. The molecule has 1 aromatic carbocycles. The Balaban J connectivity index is 2.46. The highest BCUT2D eigenvalue weighted by Crippen LogP contribution is 2.28. The predicted molar refractivity (Wildman–Crippen MR) is 70.1 cm³/mol. The van der Waals surface area contributed by atoms with Gasteiger partial charge in [0.25, 0.3) is 0 Å². The summed E-state index contributed by atoms with van der Waals surface area (Å²) in [5, 5.41) is 9.66. The molecule has 0 radical (unpaired) electrons. The summed E-state index contributed by atoms with van der Waals surface area (Å²) >= 11 is 4.66. The molecular formula is C11H9BrN2O2S. The van der Waals surface area contributed by atoms with Gasteiger partial charge in [-0.05, 0) is 12.1 Å². The fourth-order valence-corrected chi connectivity index (χ4v) is 2.57. The number of benzene rings is 1. The maximum atomic E-state index is 11.0. The zero-order valence-electron chi connectivity index (χ0n) is 8.68. The van der Waals surface area contributed by atoms with Crippen LogP contribution in [0.25, 0.3) is 10.6 Å². The molecule has 2 aromatic rings. The Morgan fingerprint density at radius 1 is 1.41 bits per heavy atom. The van der Waals surface area contributed by atoms with Crippen LogP contribution in [-0.4, -0.2) is 16.1 Å². The van der Waals surface area contributed by atoms with E-state index in [-0.39, 0.29) is 12.2 Å². The summed E-state index contributed by atoms with van der Waals surface area (Å²) in [5.74, 6) is -1.04. The van der Waals surface area contributed by atoms with Gasteiger partial charge in [0, 0.05) is 16.6 Å². The number of carbonyl (C=O) groups is 1. The van der Waals surface area contributed by atoms with Crippen LogP contribution < -0.4 is 5.73 Å². The second kappa shape index (κ2) is 4.95.